The number of aromatic carboxylic acids is 1. The Morgan fingerprint density at radius 1 is 1.14 bits per heavy atom. The van der Waals surface area contributed by atoms with E-state index in [1.54, 1.807) is 42.7 Å². The zero-order chi connectivity index (χ0) is 29.2. The smallest absolute Gasteiger partial charge is 0.335 e. The van der Waals surface area contributed by atoms with Crippen LogP contribution in [-0.2, 0) is 19.7 Å². The monoisotopic (exact) mass is 590 g/mol. The summed E-state index contributed by atoms with van der Waals surface area (Å²) < 4.78 is 27.1. The van der Waals surface area contributed by atoms with Crippen molar-refractivity contribution in [1.82, 2.24) is 24.4 Å². The number of pyridine rings is 1. The van der Waals surface area contributed by atoms with E-state index >= 15 is 0 Å². The number of ether oxygens (including phenoxy) is 1. The molecule has 0 amide bonds. The molecule has 0 spiro atoms. The number of benzene rings is 2. The lowest BCUT2D eigenvalue weighted by Gasteiger charge is -2.40. The summed E-state index contributed by atoms with van der Waals surface area (Å²) in [6.07, 6.45) is 2.96. The summed E-state index contributed by atoms with van der Waals surface area (Å²) in [6, 6.07) is 15.2. The van der Waals surface area contributed by atoms with E-state index in [1.807, 2.05) is 16.7 Å². The molecular weight excluding hydrogens is 563 g/mol. The van der Waals surface area contributed by atoms with Crippen molar-refractivity contribution in [3.8, 4) is 5.88 Å². The van der Waals surface area contributed by atoms with Crippen LogP contribution in [0.1, 0.15) is 34.4 Å². The quantitative estimate of drug-likeness (QED) is 0.246. The van der Waals surface area contributed by atoms with Crippen LogP contribution in [0.2, 0.25) is 5.02 Å². The number of imidazole rings is 1. The number of rotatable bonds is 9. The molecule has 2 aromatic carbocycles. The highest BCUT2D eigenvalue weighted by Crippen LogP contribution is 2.25. The van der Waals surface area contributed by atoms with Gasteiger partial charge in [0.2, 0.25) is 5.88 Å². The number of fused-ring (bicyclic) bond motifs is 1. The zero-order valence-electron chi connectivity index (χ0n) is 22.8. The normalized spacial score (nSPS) is 15.8. The standard InChI is InChI=1S/C30H28ClFN6O4/c1-19-13-37(27-3-2-4-29(35-27)42-16-21-5-7-22(31)12-24(21)32)10-9-36(19)15-28-34-25-8-6-20(30(39)40)11-26(25)38(28)14-23-17-41-18-33-23/h2-8,11-12,17-19H,9-10,13-16H2,1H3,(H,39,40)/t19-/m0/s1. The Hall–Kier alpha value is -4.48. The maximum Gasteiger partial charge on any atom is 0.335 e. The molecule has 6 rings (SSSR count). The first-order valence-electron chi connectivity index (χ1n) is 13.5. The average Bonchev–Trinajstić information content (AvgIpc) is 3.61. The van der Waals surface area contributed by atoms with Crippen molar-refractivity contribution >= 4 is 34.4 Å². The molecule has 1 aliphatic rings. The van der Waals surface area contributed by atoms with Gasteiger partial charge in [-0.1, -0.05) is 23.7 Å². The average molecular weight is 591 g/mol. The van der Waals surface area contributed by atoms with Crippen LogP contribution in [0, 0.1) is 5.82 Å². The Morgan fingerprint density at radius 2 is 2.02 bits per heavy atom. The summed E-state index contributed by atoms with van der Waals surface area (Å²) in [4.78, 5) is 30.0. The van der Waals surface area contributed by atoms with Crippen LogP contribution >= 0.6 is 11.6 Å². The van der Waals surface area contributed by atoms with E-state index in [2.05, 4.69) is 26.7 Å². The minimum absolute atomic E-state index is 0.0485. The lowest BCUT2D eigenvalue weighted by molar-refractivity contribution is 0.0697. The van der Waals surface area contributed by atoms with E-state index in [1.165, 1.54) is 12.5 Å². The molecule has 0 radical (unpaired) electrons. The number of anilines is 1. The van der Waals surface area contributed by atoms with E-state index in [9.17, 15) is 14.3 Å². The minimum atomic E-state index is -0.988. The van der Waals surface area contributed by atoms with E-state index in [0.717, 1.165) is 48.0 Å². The lowest BCUT2D eigenvalue weighted by atomic mass is 10.2. The number of oxazole rings is 1. The summed E-state index contributed by atoms with van der Waals surface area (Å²) in [7, 11) is 0. The molecule has 1 aliphatic heterocycles. The van der Waals surface area contributed by atoms with Gasteiger partial charge in [0.1, 0.15) is 30.3 Å². The topological polar surface area (TPSA) is 110 Å². The van der Waals surface area contributed by atoms with E-state index in [4.69, 9.17) is 25.7 Å². The van der Waals surface area contributed by atoms with Crippen LogP contribution < -0.4 is 9.64 Å². The molecule has 0 aliphatic carbocycles. The number of halogens is 2. The molecule has 1 saturated heterocycles. The second-order valence-corrected chi connectivity index (χ2v) is 10.7. The van der Waals surface area contributed by atoms with Gasteiger partial charge in [0.05, 0.1) is 35.4 Å². The summed E-state index contributed by atoms with van der Waals surface area (Å²) in [5.41, 5.74) is 2.79. The maximum atomic E-state index is 14.2. The van der Waals surface area contributed by atoms with E-state index in [-0.39, 0.29) is 18.2 Å². The summed E-state index contributed by atoms with van der Waals surface area (Å²) >= 11 is 5.85. The molecule has 0 bridgehead atoms. The van der Waals surface area contributed by atoms with Gasteiger partial charge < -0.3 is 23.7 Å². The highest BCUT2D eigenvalue weighted by Gasteiger charge is 2.27. The predicted molar refractivity (Wildman–Crippen MR) is 154 cm³/mol. The molecule has 216 valence electrons. The van der Waals surface area contributed by atoms with Gasteiger partial charge >= 0.3 is 5.97 Å². The SMILES string of the molecule is C[C@H]1CN(c2cccc(OCc3ccc(Cl)cc3F)n2)CCN1Cc1nc2ccc(C(=O)O)cc2n1Cc1cocn1. The summed E-state index contributed by atoms with van der Waals surface area (Å²) in [6.45, 7) is 5.42. The van der Waals surface area contributed by atoms with Crippen molar-refractivity contribution in [3.63, 3.8) is 0 Å². The first kappa shape index (κ1) is 27.7. The number of nitrogens with zero attached hydrogens (tertiary/aromatic N) is 6. The second-order valence-electron chi connectivity index (χ2n) is 10.2. The Kier molecular flexibility index (Phi) is 7.77. The van der Waals surface area contributed by atoms with Gasteiger partial charge in [-0.05, 0) is 43.3 Å². The van der Waals surface area contributed by atoms with Gasteiger partial charge in [-0.15, -0.1) is 0 Å². The van der Waals surface area contributed by atoms with E-state index in [0.29, 0.717) is 29.6 Å². The molecule has 5 aromatic rings. The third-order valence-corrected chi connectivity index (χ3v) is 7.65. The van der Waals surface area contributed by atoms with Gasteiger partial charge in [-0.2, -0.15) is 4.98 Å². The predicted octanol–water partition coefficient (Wildman–Crippen LogP) is 5.25. The molecule has 42 heavy (non-hydrogen) atoms. The first-order chi connectivity index (χ1) is 20.3. The van der Waals surface area contributed by atoms with Gasteiger partial charge in [-0.25, -0.2) is 19.2 Å². The van der Waals surface area contributed by atoms with Crippen molar-refractivity contribution in [2.75, 3.05) is 24.5 Å². The van der Waals surface area contributed by atoms with Crippen molar-refractivity contribution in [1.29, 1.82) is 0 Å². The van der Waals surface area contributed by atoms with Crippen molar-refractivity contribution in [2.45, 2.75) is 32.7 Å². The van der Waals surface area contributed by atoms with E-state index < -0.39 is 11.8 Å². The van der Waals surface area contributed by atoms with Crippen molar-refractivity contribution < 1.29 is 23.4 Å². The summed E-state index contributed by atoms with van der Waals surface area (Å²) in [5.74, 6) is 0.617. The molecule has 0 unspecified atom stereocenters. The van der Waals surface area contributed by atoms with Crippen LogP contribution in [0.4, 0.5) is 10.2 Å². The molecule has 4 heterocycles. The highest BCUT2D eigenvalue weighted by molar-refractivity contribution is 6.30. The fraction of sp³-hybridized carbons (Fsp3) is 0.267. The molecule has 3 aromatic heterocycles. The van der Waals surface area contributed by atoms with Gasteiger partial charge in [0.15, 0.2) is 6.39 Å². The highest BCUT2D eigenvalue weighted by atomic mass is 35.5. The van der Waals surface area contributed by atoms with Gasteiger partial charge in [0.25, 0.3) is 0 Å². The molecular formula is C30H28ClFN6O4. The molecule has 1 atom stereocenters. The fourth-order valence-electron chi connectivity index (χ4n) is 5.15. The number of carboxylic acid groups (broad SMARTS) is 1. The second kappa shape index (κ2) is 11.8. The fourth-order valence-corrected chi connectivity index (χ4v) is 5.31. The van der Waals surface area contributed by atoms with Gasteiger partial charge in [-0.3, -0.25) is 4.90 Å². The molecule has 1 fully saturated rings. The molecule has 10 nitrogen and oxygen atoms in total. The first-order valence-corrected chi connectivity index (χ1v) is 13.8. The molecule has 1 N–H and O–H groups in total. The Bertz CT molecular complexity index is 1730. The van der Waals surface area contributed by atoms with Crippen LogP contribution in [0.3, 0.4) is 0 Å². The van der Waals surface area contributed by atoms with Crippen molar-refractivity contribution in [2.24, 2.45) is 0 Å². The minimum Gasteiger partial charge on any atom is -0.478 e. The third-order valence-electron chi connectivity index (χ3n) is 7.41. The molecule has 0 saturated carbocycles. The summed E-state index contributed by atoms with van der Waals surface area (Å²) in [5, 5.41) is 9.87. The third kappa shape index (κ3) is 5.93. The number of hydrogen-bond acceptors (Lipinski definition) is 8. The molecule has 12 heteroatoms. The number of piperazine rings is 1. The largest absolute Gasteiger partial charge is 0.478 e. The van der Waals surface area contributed by atoms with Crippen LogP contribution in [0.5, 0.6) is 5.88 Å². The number of aromatic nitrogens is 4. The Balaban J connectivity index is 1.16. The van der Waals surface area contributed by atoms with Crippen LogP contribution in [0.25, 0.3) is 11.0 Å². The Labute approximate surface area is 245 Å². The van der Waals surface area contributed by atoms with Crippen LogP contribution in [-0.4, -0.2) is 61.2 Å². The van der Waals surface area contributed by atoms with Gasteiger partial charge in [0, 0.05) is 42.3 Å². The Morgan fingerprint density at radius 3 is 2.79 bits per heavy atom. The number of carboxylic acids is 1. The van der Waals surface area contributed by atoms with Crippen LogP contribution in [0.15, 0.2) is 71.7 Å². The number of hydrogen-bond donors (Lipinski definition) is 1. The maximum absolute atomic E-state index is 14.2. The number of carbonyl (C=O) groups is 1. The van der Waals surface area contributed by atoms with Crippen molar-refractivity contribution in [3.05, 3.63) is 101 Å². The zero-order valence-corrected chi connectivity index (χ0v) is 23.5. The lowest BCUT2D eigenvalue weighted by Crippen LogP contribution is -2.52.